The first-order valence-corrected chi connectivity index (χ1v) is 5.48. The zero-order valence-electron chi connectivity index (χ0n) is 9.44. The molecule has 0 aliphatic heterocycles. The molecule has 0 atom stereocenters. The molecule has 0 aromatic heterocycles. The summed E-state index contributed by atoms with van der Waals surface area (Å²) in [6, 6.07) is 15.0. The van der Waals surface area contributed by atoms with Crippen LogP contribution in [0.25, 0.3) is 0 Å². The minimum atomic E-state index is -1.40. The SMILES string of the molecule is NB(F)c1ccc(Cc2ccc(N)cc2)cc1. The van der Waals surface area contributed by atoms with Crippen LogP contribution in [0.4, 0.5) is 10.0 Å². The molecule has 0 spiro atoms. The number of hydrogen-bond donors (Lipinski definition) is 2. The molecule has 17 heavy (non-hydrogen) atoms. The quantitative estimate of drug-likeness (QED) is 0.617. The molecule has 0 saturated heterocycles. The monoisotopic (exact) mass is 228 g/mol. The van der Waals surface area contributed by atoms with Gasteiger partial charge in [0.25, 0.3) is 0 Å². The third-order valence-electron chi connectivity index (χ3n) is 2.69. The van der Waals surface area contributed by atoms with Gasteiger partial charge >= 0.3 is 7.12 Å². The number of anilines is 1. The van der Waals surface area contributed by atoms with E-state index in [2.05, 4.69) is 0 Å². The predicted molar refractivity (Wildman–Crippen MR) is 70.8 cm³/mol. The van der Waals surface area contributed by atoms with Crippen molar-refractivity contribution in [2.45, 2.75) is 6.42 Å². The molecule has 0 saturated carbocycles. The zero-order chi connectivity index (χ0) is 12.3. The molecule has 4 N–H and O–H groups in total. The molecule has 0 heterocycles. The number of hydrogen-bond acceptors (Lipinski definition) is 2. The lowest BCUT2D eigenvalue weighted by Crippen LogP contribution is -2.34. The summed E-state index contributed by atoms with van der Waals surface area (Å²) in [6.07, 6.45) is 0.808. The van der Waals surface area contributed by atoms with Crippen LogP contribution in [0.15, 0.2) is 48.5 Å². The summed E-state index contributed by atoms with van der Waals surface area (Å²) >= 11 is 0. The van der Waals surface area contributed by atoms with Crippen LogP contribution in [0, 0.1) is 0 Å². The van der Waals surface area contributed by atoms with E-state index in [9.17, 15) is 4.32 Å². The van der Waals surface area contributed by atoms with Crippen LogP contribution in [0.3, 0.4) is 0 Å². The maximum atomic E-state index is 12.8. The summed E-state index contributed by atoms with van der Waals surface area (Å²) in [5.74, 6) is 0. The Bertz CT molecular complexity index is 480. The molecule has 4 heteroatoms. The van der Waals surface area contributed by atoms with Crippen molar-refractivity contribution in [3.8, 4) is 0 Å². The maximum Gasteiger partial charge on any atom is 0.459 e. The molecule has 2 aromatic carbocycles. The minimum Gasteiger partial charge on any atom is -0.399 e. The van der Waals surface area contributed by atoms with Gasteiger partial charge in [0.15, 0.2) is 0 Å². The van der Waals surface area contributed by atoms with E-state index in [0.717, 1.165) is 17.7 Å². The Hall–Kier alpha value is -1.81. The largest absolute Gasteiger partial charge is 0.459 e. The van der Waals surface area contributed by atoms with Crippen LogP contribution in [-0.2, 0) is 6.42 Å². The van der Waals surface area contributed by atoms with Crippen LogP contribution in [-0.4, -0.2) is 7.12 Å². The van der Waals surface area contributed by atoms with Crippen molar-refractivity contribution >= 4 is 18.3 Å². The van der Waals surface area contributed by atoms with Gasteiger partial charge in [-0.3, -0.25) is 0 Å². The molecule has 2 rings (SSSR count). The highest BCUT2D eigenvalue weighted by atomic mass is 19.1. The van der Waals surface area contributed by atoms with E-state index in [1.165, 1.54) is 5.56 Å². The molecule has 0 radical (unpaired) electrons. The Morgan fingerprint density at radius 2 is 1.35 bits per heavy atom. The lowest BCUT2D eigenvalue weighted by molar-refractivity contribution is 0.846. The Kier molecular flexibility index (Phi) is 3.45. The molecular formula is C13H14BFN2. The minimum absolute atomic E-state index is 0.506. The van der Waals surface area contributed by atoms with Gasteiger partial charge in [0, 0.05) is 5.69 Å². The number of benzene rings is 2. The van der Waals surface area contributed by atoms with Crippen LogP contribution >= 0.6 is 0 Å². The summed E-state index contributed by atoms with van der Waals surface area (Å²) in [5, 5.41) is 0. The zero-order valence-corrected chi connectivity index (χ0v) is 9.44. The first-order chi connectivity index (χ1) is 8.15. The van der Waals surface area contributed by atoms with Crippen molar-refractivity contribution in [1.29, 1.82) is 0 Å². The van der Waals surface area contributed by atoms with Crippen molar-refractivity contribution in [3.05, 3.63) is 59.7 Å². The number of halogens is 1. The van der Waals surface area contributed by atoms with E-state index in [0.29, 0.717) is 5.46 Å². The van der Waals surface area contributed by atoms with Crippen LogP contribution in [0.5, 0.6) is 0 Å². The van der Waals surface area contributed by atoms with Crippen molar-refractivity contribution in [2.24, 2.45) is 5.64 Å². The Morgan fingerprint density at radius 3 is 1.82 bits per heavy atom. The molecule has 0 amide bonds. The van der Waals surface area contributed by atoms with Gasteiger partial charge in [0.05, 0.1) is 0 Å². The van der Waals surface area contributed by atoms with Gasteiger partial charge in [-0.05, 0) is 35.1 Å². The first-order valence-electron chi connectivity index (χ1n) is 5.48. The van der Waals surface area contributed by atoms with E-state index in [1.807, 2.05) is 36.4 Å². The van der Waals surface area contributed by atoms with E-state index in [1.54, 1.807) is 12.1 Å². The van der Waals surface area contributed by atoms with E-state index >= 15 is 0 Å². The fourth-order valence-electron chi connectivity index (χ4n) is 1.69. The Balaban J connectivity index is 2.11. The number of nitrogen functional groups attached to an aromatic ring is 1. The van der Waals surface area contributed by atoms with Gasteiger partial charge in [-0.15, -0.1) is 0 Å². The molecule has 0 unspecified atom stereocenters. The predicted octanol–water partition coefficient (Wildman–Crippen LogP) is 1.48. The molecule has 0 fully saturated rings. The fraction of sp³-hybridized carbons (Fsp3) is 0.0769. The highest BCUT2D eigenvalue weighted by Gasteiger charge is 2.09. The van der Waals surface area contributed by atoms with Gasteiger partial charge in [-0.25, -0.2) is 0 Å². The Morgan fingerprint density at radius 1 is 0.882 bits per heavy atom. The summed E-state index contributed by atoms with van der Waals surface area (Å²) in [7, 11) is -1.40. The van der Waals surface area contributed by atoms with Gasteiger partial charge in [0.2, 0.25) is 0 Å². The molecular weight excluding hydrogens is 214 g/mol. The van der Waals surface area contributed by atoms with Gasteiger partial charge < -0.3 is 15.7 Å². The fourth-order valence-corrected chi connectivity index (χ4v) is 1.69. The molecule has 2 aromatic rings. The van der Waals surface area contributed by atoms with Gasteiger partial charge in [-0.2, -0.15) is 0 Å². The van der Waals surface area contributed by atoms with Crippen LogP contribution in [0.2, 0.25) is 0 Å². The highest BCUT2D eigenvalue weighted by Crippen LogP contribution is 2.11. The van der Waals surface area contributed by atoms with E-state index in [-0.39, 0.29) is 0 Å². The van der Waals surface area contributed by atoms with Gasteiger partial charge in [-0.1, -0.05) is 36.4 Å². The third-order valence-corrected chi connectivity index (χ3v) is 2.69. The lowest BCUT2D eigenvalue weighted by Gasteiger charge is -2.04. The first kappa shape index (κ1) is 11.7. The normalized spacial score (nSPS) is 10.2. The average Bonchev–Trinajstić information content (AvgIpc) is 2.33. The number of nitrogens with two attached hydrogens (primary N) is 2. The third kappa shape index (κ3) is 3.08. The van der Waals surface area contributed by atoms with Crippen LogP contribution in [0.1, 0.15) is 11.1 Å². The highest BCUT2D eigenvalue weighted by molar-refractivity contribution is 6.63. The molecule has 2 nitrogen and oxygen atoms in total. The summed E-state index contributed by atoms with van der Waals surface area (Å²) in [6.45, 7) is 0. The maximum absolute atomic E-state index is 12.8. The van der Waals surface area contributed by atoms with Crippen molar-refractivity contribution < 1.29 is 4.32 Å². The second-order valence-electron chi connectivity index (χ2n) is 4.06. The topological polar surface area (TPSA) is 52.0 Å². The summed E-state index contributed by atoms with van der Waals surface area (Å²) in [5.41, 5.74) is 14.3. The van der Waals surface area contributed by atoms with Crippen molar-refractivity contribution in [3.63, 3.8) is 0 Å². The molecule has 86 valence electrons. The molecule has 0 bridgehead atoms. The van der Waals surface area contributed by atoms with E-state index in [4.69, 9.17) is 11.4 Å². The summed E-state index contributed by atoms with van der Waals surface area (Å²) in [4.78, 5) is 0. The molecule has 0 aliphatic carbocycles. The second-order valence-corrected chi connectivity index (χ2v) is 4.06. The Labute approximate surface area is 101 Å². The number of rotatable bonds is 3. The average molecular weight is 228 g/mol. The van der Waals surface area contributed by atoms with E-state index < -0.39 is 7.12 Å². The summed E-state index contributed by atoms with van der Waals surface area (Å²) < 4.78 is 12.8. The van der Waals surface area contributed by atoms with Crippen molar-refractivity contribution in [2.75, 3.05) is 5.73 Å². The van der Waals surface area contributed by atoms with Crippen molar-refractivity contribution in [1.82, 2.24) is 0 Å². The second kappa shape index (κ2) is 5.02. The standard InChI is InChI=1S/C13H14BFN2/c15-14(17)12-5-1-10(2-6-12)9-11-3-7-13(16)8-4-11/h1-8H,9,16-17H2. The smallest absolute Gasteiger partial charge is 0.399 e. The van der Waals surface area contributed by atoms with Crippen LogP contribution < -0.4 is 16.8 Å². The lowest BCUT2D eigenvalue weighted by atomic mass is 9.78. The molecule has 0 aliphatic rings. The van der Waals surface area contributed by atoms with Gasteiger partial charge in [0.1, 0.15) is 0 Å².